The number of Topliss-reactive ketones (excluding diaryl/α,β-unsaturated/α-hetero) is 2. The van der Waals surface area contributed by atoms with Gasteiger partial charge in [0.2, 0.25) is 0 Å². The number of hydrogen-bond donors (Lipinski definition) is 2. The summed E-state index contributed by atoms with van der Waals surface area (Å²) >= 11 is 0. The summed E-state index contributed by atoms with van der Waals surface area (Å²) in [5.41, 5.74) is -1.86. The van der Waals surface area contributed by atoms with Crippen LogP contribution in [0.4, 0.5) is 0 Å². The first kappa shape index (κ1) is 31.9. The number of carbonyl (C=O) groups is 3. The van der Waals surface area contributed by atoms with Gasteiger partial charge in [-0.3, -0.25) is 14.4 Å². The molecule has 47 heavy (non-hydrogen) atoms. The number of allylic oxidation sites excluding steroid dienone is 4. The van der Waals surface area contributed by atoms with Crippen molar-refractivity contribution < 1.29 is 43.5 Å². The van der Waals surface area contributed by atoms with E-state index in [-0.39, 0.29) is 34.3 Å². The lowest BCUT2D eigenvalue weighted by Gasteiger charge is -2.56. The van der Waals surface area contributed by atoms with Crippen molar-refractivity contribution in [1.29, 1.82) is 0 Å². The molecule has 3 aliphatic heterocycles. The fraction of sp³-hybridized carbons (Fsp3) is 0.553. The van der Waals surface area contributed by atoms with Crippen molar-refractivity contribution in [3.05, 3.63) is 64.3 Å². The van der Waals surface area contributed by atoms with E-state index in [0.717, 1.165) is 11.1 Å². The van der Waals surface area contributed by atoms with Crippen molar-refractivity contribution in [2.45, 2.75) is 115 Å². The minimum absolute atomic E-state index is 0.0113. The second-order valence-corrected chi connectivity index (χ2v) is 15.4. The van der Waals surface area contributed by atoms with Crippen LogP contribution in [0.5, 0.6) is 17.2 Å². The molecule has 9 heteroatoms. The van der Waals surface area contributed by atoms with Crippen LogP contribution in [-0.2, 0) is 25.5 Å². The van der Waals surface area contributed by atoms with Crippen LogP contribution in [0, 0.1) is 17.8 Å². The van der Waals surface area contributed by atoms with E-state index < -0.39 is 58.1 Å². The zero-order valence-corrected chi connectivity index (χ0v) is 28.1. The largest absolute Gasteiger partial charge is 0.507 e. The first-order valence-corrected chi connectivity index (χ1v) is 16.6. The van der Waals surface area contributed by atoms with Gasteiger partial charge in [0.1, 0.15) is 40.6 Å². The summed E-state index contributed by atoms with van der Waals surface area (Å²) in [5, 5.41) is 23.9. The number of hydrogen-bond acceptors (Lipinski definition) is 9. The van der Waals surface area contributed by atoms with E-state index in [4.69, 9.17) is 18.9 Å². The molecular formula is C38H44O9. The van der Waals surface area contributed by atoms with Crippen LogP contribution in [0.25, 0.3) is 0 Å². The number of fused-ring (bicyclic) bond motifs is 5. The molecule has 5 unspecified atom stereocenters. The molecule has 1 aromatic carbocycles. The molecule has 1 aromatic rings. The third-order valence-electron chi connectivity index (χ3n) is 11.8. The molecule has 0 aromatic heterocycles. The van der Waals surface area contributed by atoms with Gasteiger partial charge in [0.05, 0.1) is 5.60 Å². The highest BCUT2D eigenvalue weighted by Gasteiger charge is 2.81. The van der Waals surface area contributed by atoms with Gasteiger partial charge in [0.15, 0.2) is 22.8 Å². The minimum atomic E-state index is -1.69. The number of aromatic hydroxyl groups is 1. The van der Waals surface area contributed by atoms with E-state index in [1.54, 1.807) is 25.2 Å². The van der Waals surface area contributed by atoms with Crippen molar-refractivity contribution in [1.82, 2.24) is 0 Å². The summed E-state index contributed by atoms with van der Waals surface area (Å²) in [6.45, 7) is 17.8. The summed E-state index contributed by atoms with van der Waals surface area (Å²) < 4.78 is 25.7. The maximum atomic E-state index is 15.0. The summed E-state index contributed by atoms with van der Waals surface area (Å²) in [4.78, 5) is 40.4. The number of benzene rings is 1. The van der Waals surface area contributed by atoms with Gasteiger partial charge in [0, 0.05) is 34.5 Å². The lowest BCUT2D eigenvalue weighted by atomic mass is 9.51. The summed E-state index contributed by atoms with van der Waals surface area (Å²) in [6, 6.07) is 0. The second kappa shape index (κ2) is 10.2. The zero-order valence-electron chi connectivity index (χ0n) is 28.1. The summed E-state index contributed by atoms with van der Waals surface area (Å²) in [5.74, 6) is -2.05. The first-order valence-electron chi connectivity index (χ1n) is 16.6. The Labute approximate surface area is 275 Å². The molecule has 9 atom stereocenters. The molecule has 3 heterocycles. The van der Waals surface area contributed by atoms with E-state index >= 15 is 0 Å². The third kappa shape index (κ3) is 3.99. The average Bonchev–Trinajstić information content (AvgIpc) is 3.14. The number of aliphatic hydroxyl groups is 1. The number of rotatable bonds is 7. The fourth-order valence-corrected chi connectivity index (χ4v) is 9.51. The fourth-order valence-electron chi connectivity index (χ4n) is 9.51. The number of aliphatic hydroxyl groups excluding tert-OH is 1. The zero-order chi connectivity index (χ0) is 34.0. The molecule has 3 fully saturated rings. The van der Waals surface area contributed by atoms with Crippen molar-refractivity contribution >= 4 is 18.0 Å². The van der Waals surface area contributed by atoms with Crippen molar-refractivity contribution in [2.24, 2.45) is 17.8 Å². The van der Waals surface area contributed by atoms with Crippen LogP contribution >= 0.6 is 0 Å². The van der Waals surface area contributed by atoms with Crippen molar-refractivity contribution in [3.63, 3.8) is 0 Å². The minimum Gasteiger partial charge on any atom is -0.507 e. The van der Waals surface area contributed by atoms with Gasteiger partial charge in [-0.05, 0) is 92.2 Å². The van der Waals surface area contributed by atoms with Gasteiger partial charge in [-0.25, -0.2) is 0 Å². The monoisotopic (exact) mass is 644 g/mol. The summed E-state index contributed by atoms with van der Waals surface area (Å²) in [7, 11) is 0. The summed E-state index contributed by atoms with van der Waals surface area (Å²) in [6.07, 6.45) is 7.35. The van der Waals surface area contributed by atoms with Gasteiger partial charge in [0.25, 0.3) is 6.47 Å². The highest BCUT2D eigenvalue weighted by atomic mass is 16.6. The Bertz CT molecular complexity index is 1730. The number of ketones is 2. The van der Waals surface area contributed by atoms with Crippen LogP contribution in [0.15, 0.2) is 47.6 Å². The van der Waals surface area contributed by atoms with Gasteiger partial charge in [-0.2, -0.15) is 0 Å². The van der Waals surface area contributed by atoms with Gasteiger partial charge in [-0.15, -0.1) is 0 Å². The predicted molar refractivity (Wildman–Crippen MR) is 173 cm³/mol. The molecule has 0 amide bonds. The predicted octanol–water partition coefficient (Wildman–Crippen LogP) is 5.61. The van der Waals surface area contributed by atoms with E-state index in [9.17, 15) is 24.6 Å². The number of ether oxygens (including phenoxy) is 4. The Morgan fingerprint density at radius 1 is 1.17 bits per heavy atom. The topological polar surface area (TPSA) is 129 Å². The average molecular weight is 645 g/mol. The van der Waals surface area contributed by atoms with E-state index in [2.05, 4.69) is 6.58 Å². The Hall–Kier alpha value is -3.69. The molecule has 9 nitrogen and oxygen atoms in total. The van der Waals surface area contributed by atoms with Crippen LogP contribution in [0.1, 0.15) is 95.1 Å². The highest BCUT2D eigenvalue weighted by molar-refractivity contribution is 6.19. The highest BCUT2D eigenvalue weighted by Crippen LogP contribution is 2.69. The molecule has 0 radical (unpaired) electrons. The van der Waals surface area contributed by atoms with E-state index in [1.807, 2.05) is 47.6 Å². The molecule has 2 N–H and O–H groups in total. The van der Waals surface area contributed by atoms with Crippen LogP contribution in [0.2, 0.25) is 0 Å². The maximum Gasteiger partial charge on any atom is 0.293 e. The number of carbonyl (C=O) groups excluding carboxylic acids is 3. The Balaban J connectivity index is 1.53. The Morgan fingerprint density at radius 2 is 1.89 bits per heavy atom. The number of phenolic OH excluding ortho intramolecular Hbond substituents is 1. The van der Waals surface area contributed by atoms with Crippen molar-refractivity contribution in [3.8, 4) is 17.2 Å². The van der Waals surface area contributed by atoms with Gasteiger partial charge >= 0.3 is 0 Å². The molecule has 1 spiro atoms. The lowest BCUT2D eigenvalue weighted by Crippen LogP contribution is -2.71. The maximum absolute atomic E-state index is 15.0. The van der Waals surface area contributed by atoms with Crippen LogP contribution in [-0.4, -0.2) is 62.9 Å². The molecule has 4 aliphatic carbocycles. The standard InChI is InChI=1S/C38H44O9/c1-18(2)9-10-23-31-27(26-22(19(3)4)12-13-36(8,45-31)34(26)43)30(41)28-29(40)24-15-21-16-25-35(6,7)47-37(33(21)42,14-11-20(5)44-17-39)38(24,25)46-32(23)28/h9,11,14-15,17,20-22,25-26,34,41,43H,3,10,12-13,16H2,1-2,4-8H3/b14-11+/t20?,21?,22?,25?,26-,34?,36-,37+,38-/m1/s1. The molecule has 6 bridgehead atoms. The SMILES string of the molecule is C=C(C)C1CC[C@@]2(C)Oc3c(CC=C(C)C)c4c(c(O)c3[C@@H]1C2O)C(=O)C1=CC2CC3C(C)(C)O[C@@](/C=C/C(C)OC=O)(C2=O)[C@@]13O4. The van der Waals surface area contributed by atoms with E-state index in [0.29, 0.717) is 49.0 Å². The van der Waals surface area contributed by atoms with Crippen LogP contribution in [0.3, 0.4) is 0 Å². The van der Waals surface area contributed by atoms with Crippen molar-refractivity contribution in [2.75, 3.05) is 0 Å². The molecule has 250 valence electrons. The van der Waals surface area contributed by atoms with Gasteiger partial charge < -0.3 is 29.2 Å². The van der Waals surface area contributed by atoms with E-state index in [1.165, 1.54) is 0 Å². The second-order valence-electron chi connectivity index (χ2n) is 15.4. The molecule has 2 saturated carbocycles. The molecule has 8 rings (SSSR count). The Morgan fingerprint density at radius 3 is 2.55 bits per heavy atom. The van der Waals surface area contributed by atoms with Gasteiger partial charge in [-0.1, -0.05) is 29.9 Å². The molecular weight excluding hydrogens is 600 g/mol. The first-order chi connectivity index (χ1) is 22.0. The molecule has 7 aliphatic rings. The normalized spacial score (nSPS) is 37.5. The quantitative estimate of drug-likeness (QED) is 0.288. The Kier molecular flexibility index (Phi) is 6.89. The third-order valence-corrected chi connectivity index (χ3v) is 11.8. The molecule has 1 saturated heterocycles. The van der Waals surface area contributed by atoms with Crippen LogP contribution < -0.4 is 9.47 Å². The smallest absolute Gasteiger partial charge is 0.293 e. The lowest BCUT2D eigenvalue weighted by molar-refractivity contribution is -0.160. The number of phenols is 1.